The van der Waals surface area contributed by atoms with Crippen LogP contribution >= 0.6 is 23.4 Å². The standard InChI is InChI=1S/C24H22ClN5OS/c1-16-6-7-21(12-17(16)2)30-23(19-8-10-26-11-9-19)28-29-24(30)32-15-22(31)27-14-18-4-3-5-20(25)13-18/h3-13H,14-15H2,1-2H3,(H,27,31). The van der Waals surface area contributed by atoms with E-state index < -0.39 is 0 Å². The van der Waals surface area contributed by atoms with Crippen LogP contribution in [0.25, 0.3) is 17.1 Å². The first-order chi connectivity index (χ1) is 15.5. The van der Waals surface area contributed by atoms with E-state index in [1.807, 2.05) is 47.0 Å². The molecular weight excluding hydrogens is 442 g/mol. The minimum absolute atomic E-state index is 0.0879. The second-order valence-corrected chi connectivity index (χ2v) is 8.72. The van der Waals surface area contributed by atoms with Gasteiger partial charge in [0.05, 0.1) is 11.4 Å². The second kappa shape index (κ2) is 9.97. The fourth-order valence-corrected chi connectivity index (χ4v) is 4.17. The Kier molecular flexibility index (Phi) is 6.87. The van der Waals surface area contributed by atoms with Crippen molar-refractivity contribution in [1.82, 2.24) is 25.1 Å². The number of nitrogens with one attached hydrogen (secondary N) is 1. The Morgan fingerprint density at radius 2 is 1.84 bits per heavy atom. The Bertz CT molecular complexity index is 1240. The van der Waals surface area contributed by atoms with E-state index in [1.165, 1.54) is 22.9 Å². The molecule has 0 bridgehead atoms. The maximum absolute atomic E-state index is 12.5. The molecule has 6 nitrogen and oxygen atoms in total. The number of hydrogen-bond acceptors (Lipinski definition) is 5. The van der Waals surface area contributed by atoms with Gasteiger partial charge in [0.15, 0.2) is 11.0 Å². The molecule has 0 spiro atoms. The number of aromatic nitrogens is 4. The quantitative estimate of drug-likeness (QED) is 0.390. The Balaban J connectivity index is 1.55. The van der Waals surface area contributed by atoms with Gasteiger partial charge >= 0.3 is 0 Å². The smallest absolute Gasteiger partial charge is 0.230 e. The average molecular weight is 464 g/mol. The molecule has 0 saturated heterocycles. The summed E-state index contributed by atoms with van der Waals surface area (Å²) in [7, 11) is 0. The molecule has 0 saturated carbocycles. The number of pyridine rings is 1. The SMILES string of the molecule is Cc1ccc(-n2c(SCC(=O)NCc3cccc(Cl)c3)nnc2-c2ccncc2)cc1C. The summed E-state index contributed by atoms with van der Waals surface area (Å²) in [5, 5.41) is 13.0. The van der Waals surface area contributed by atoms with Crippen molar-refractivity contribution in [1.29, 1.82) is 0 Å². The van der Waals surface area contributed by atoms with Gasteiger partial charge in [-0.25, -0.2) is 0 Å². The average Bonchev–Trinajstić information content (AvgIpc) is 3.23. The highest BCUT2D eigenvalue weighted by Gasteiger charge is 2.17. The Hall–Kier alpha value is -3.16. The van der Waals surface area contributed by atoms with Crippen molar-refractivity contribution in [3.63, 3.8) is 0 Å². The molecule has 1 amide bonds. The zero-order valence-electron chi connectivity index (χ0n) is 17.7. The topological polar surface area (TPSA) is 72.7 Å². The van der Waals surface area contributed by atoms with Crippen molar-refractivity contribution in [2.24, 2.45) is 0 Å². The highest BCUT2D eigenvalue weighted by molar-refractivity contribution is 7.99. The number of carbonyl (C=O) groups is 1. The molecule has 2 aromatic carbocycles. The fourth-order valence-electron chi connectivity index (χ4n) is 3.18. The molecule has 2 heterocycles. The molecule has 8 heteroatoms. The third kappa shape index (κ3) is 5.18. The Labute approximate surface area is 196 Å². The van der Waals surface area contributed by atoms with Crippen molar-refractivity contribution < 1.29 is 4.79 Å². The number of rotatable bonds is 7. The van der Waals surface area contributed by atoms with Crippen LogP contribution in [0.2, 0.25) is 5.02 Å². The van der Waals surface area contributed by atoms with Crippen LogP contribution in [0.5, 0.6) is 0 Å². The van der Waals surface area contributed by atoms with Crippen molar-refractivity contribution in [3.05, 3.63) is 88.7 Å². The molecule has 162 valence electrons. The summed E-state index contributed by atoms with van der Waals surface area (Å²) in [5.41, 5.74) is 5.19. The van der Waals surface area contributed by atoms with Gasteiger partial charge in [0.25, 0.3) is 0 Å². The summed E-state index contributed by atoms with van der Waals surface area (Å²) in [6.07, 6.45) is 3.45. The molecule has 0 unspecified atom stereocenters. The summed E-state index contributed by atoms with van der Waals surface area (Å²) in [6.45, 7) is 4.58. The van der Waals surface area contributed by atoms with Crippen molar-refractivity contribution in [3.8, 4) is 17.1 Å². The van der Waals surface area contributed by atoms with Crippen LogP contribution in [0.15, 0.2) is 72.1 Å². The highest BCUT2D eigenvalue weighted by atomic mass is 35.5. The van der Waals surface area contributed by atoms with Gasteiger partial charge < -0.3 is 5.32 Å². The Morgan fingerprint density at radius 1 is 1.03 bits per heavy atom. The molecule has 2 aromatic heterocycles. The number of aryl methyl sites for hydroxylation is 2. The highest BCUT2D eigenvalue weighted by Crippen LogP contribution is 2.28. The van der Waals surface area contributed by atoms with E-state index in [2.05, 4.69) is 46.5 Å². The van der Waals surface area contributed by atoms with Gasteiger partial charge in [-0.15, -0.1) is 10.2 Å². The summed E-state index contributed by atoms with van der Waals surface area (Å²) in [5.74, 6) is 0.840. The van der Waals surface area contributed by atoms with E-state index in [0.29, 0.717) is 22.5 Å². The van der Waals surface area contributed by atoms with E-state index in [9.17, 15) is 4.79 Å². The monoisotopic (exact) mass is 463 g/mol. The largest absolute Gasteiger partial charge is 0.351 e. The van der Waals surface area contributed by atoms with Gasteiger partial charge in [0.2, 0.25) is 5.91 Å². The van der Waals surface area contributed by atoms with Crippen LogP contribution in [-0.2, 0) is 11.3 Å². The van der Waals surface area contributed by atoms with E-state index in [-0.39, 0.29) is 11.7 Å². The van der Waals surface area contributed by atoms with E-state index in [1.54, 1.807) is 12.4 Å². The van der Waals surface area contributed by atoms with Gasteiger partial charge in [-0.05, 0) is 66.9 Å². The van der Waals surface area contributed by atoms with Crippen LogP contribution in [0, 0.1) is 13.8 Å². The van der Waals surface area contributed by atoms with Crippen LogP contribution in [0.4, 0.5) is 0 Å². The first kappa shape index (κ1) is 22.0. The van der Waals surface area contributed by atoms with Crippen molar-refractivity contribution >= 4 is 29.3 Å². The van der Waals surface area contributed by atoms with Crippen LogP contribution in [-0.4, -0.2) is 31.4 Å². The van der Waals surface area contributed by atoms with Crippen LogP contribution in [0.1, 0.15) is 16.7 Å². The molecule has 0 aliphatic carbocycles. The molecule has 0 fully saturated rings. The minimum Gasteiger partial charge on any atom is -0.351 e. The minimum atomic E-state index is -0.0879. The second-order valence-electron chi connectivity index (χ2n) is 7.34. The first-order valence-electron chi connectivity index (χ1n) is 10.1. The molecule has 0 radical (unpaired) electrons. The number of hydrogen-bond donors (Lipinski definition) is 1. The molecule has 0 aliphatic heterocycles. The third-order valence-corrected chi connectivity index (χ3v) is 6.20. The van der Waals surface area contributed by atoms with Gasteiger partial charge in [-0.3, -0.25) is 14.3 Å². The number of amides is 1. The molecule has 1 N–H and O–H groups in total. The number of thioether (sulfide) groups is 1. The molecule has 0 aliphatic rings. The summed E-state index contributed by atoms with van der Waals surface area (Å²) >= 11 is 7.36. The van der Waals surface area contributed by atoms with Gasteiger partial charge in [0, 0.05) is 29.5 Å². The lowest BCUT2D eigenvalue weighted by molar-refractivity contribution is -0.118. The lowest BCUT2D eigenvalue weighted by Gasteiger charge is -2.12. The lowest BCUT2D eigenvalue weighted by atomic mass is 10.1. The van der Waals surface area contributed by atoms with Crippen LogP contribution in [0.3, 0.4) is 0 Å². The number of halogens is 1. The maximum atomic E-state index is 12.5. The summed E-state index contributed by atoms with van der Waals surface area (Å²) < 4.78 is 1.98. The maximum Gasteiger partial charge on any atom is 0.230 e. The third-order valence-electron chi connectivity index (χ3n) is 5.03. The molecule has 32 heavy (non-hydrogen) atoms. The van der Waals surface area contributed by atoms with E-state index in [4.69, 9.17) is 11.6 Å². The zero-order chi connectivity index (χ0) is 22.5. The molecule has 0 atom stereocenters. The fraction of sp³-hybridized carbons (Fsp3) is 0.167. The summed E-state index contributed by atoms with van der Waals surface area (Å²) in [6, 6.07) is 17.5. The van der Waals surface area contributed by atoms with Gasteiger partial charge in [0.1, 0.15) is 0 Å². The predicted molar refractivity (Wildman–Crippen MR) is 128 cm³/mol. The molecule has 4 aromatic rings. The number of nitrogens with zero attached hydrogens (tertiary/aromatic N) is 4. The Morgan fingerprint density at radius 3 is 2.59 bits per heavy atom. The zero-order valence-corrected chi connectivity index (χ0v) is 19.3. The first-order valence-corrected chi connectivity index (χ1v) is 11.4. The van der Waals surface area contributed by atoms with E-state index in [0.717, 1.165) is 16.8 Å². The molecular formula is C24H22ClN5OS. The van der Waals surface area contributed by atoms with Crippen molar-refractivity contribution in [2.75, 3.05) is 5.75 Å². The number of benzene rings is 2. The predicted octanol–water partition coefficient (Wildman–Crippen LogP) is 5.01. The number of carbonyl (C=O) groups excluding carboxylic acids is 1. The normalized spacial score (nSPS) is 10.8. The summed E-state index contributed by atoms with van der Waals surface area (Å²) in [4.78, 5) is 16.6. The lowest BCUT2D eigenvalue weighted by Crippen LogP contribution is -2.24. The van der Waals surface area contributed by atoms with Gasteiger partial charge in [-0.1, -0.05) is 41.6 Å². The van der Waals surface area contributed by atoms with Gasteiger partial charge in [-0.2, -0.15) is 0 Å². The van der Waals surface area contributed by atoms with Crippen molar-refractivity contribution in [2.45, 2.75) is 25.5 Å². The molecule has 4 rings (SSSR count). The van der Waals surface area contributed by atoms with E-state index >= 15 is 0 Å². The van der Waals surface area contributed by atoms with Crippen LogP contribution < -0.4 is 5.32 Å².